The standard InChI is InChI=1S/C42H24O2/c1-2-12-25(13-3-1)37-27-14-4-6-16-29(27)39(30-17-7-5-15-28(30)37)33-24-26-22-23-36-40(31-18-8-10-20-34(31)43-36)38(26)41-32-19-9-11-21-35(32)44-42(33)41/h1-24H/i4D,5D,6D,7D,8D,9D,10D,11D,14D,15D,16D,17D,18D,19D,20D,21D,22D,23D,24D. The number of hydrogen-bond acceptors (Lipinski definition) is 2. The van der Waals surface area contributed by atoms with Gasteiger partial charge in [-0.3, -0.25) is 0 Å². The second-order valence-corrected chi connectivity index (χ2v) is 10.1. The van der Waals surface area contributed by atoms with Gasteiger partial charge in [0.1, 0.15) is 22.3 Å². The van der Waals surface area contributed by atoms with Gasteiger partial charge in [0.2, 0.25) is 0 Å². The third kappa shape index (κ3) is 3.14. The lowest BCUT2D eigenvalue weighted by molar-refractivity contribution is 0.669. The van der Waals surface area contributed by atoms with Crippen molar-refractivity contribution in [1.82, 2.24) is 0 Å². The smallest absolute Gasteiger partial charge is 0.143 e. The number of furan rings is 2. The Hall–Kier alpha value is -5.86. The van der Waals surface area contributed by atoms with Crippen molar-refractivity contribution in [2.24, 2.45) is 0 Å². The Bertz CT molecular complexity index is 3750. The molecule has 0 spiro atoms. The van der Waals surface area contributed by atoms with E-state index in [1.165, 1.54) is 0 Å². The molecular weight excluding hydrogens is 536 g/mol. The van der Waals surface area contributed by atoms with Gasteiger partial charge in [0.15, 0.2) is 0 Å². The maximum absolute atomic E-state index is 10.1. The van der Waals surface area contributed by atoms with E-state index in [-0.39, 0.29) is 54.0 Å². The highest BCUT2D eigenvalue weighted by Gasteiger charge is 2.23. The van der Waals surface area contributed by atoms with E-state index in [4.69, 9.17) is 23.9 Å². The fourth-order valence-electron chi connectivity index (χ4n) is 6.16. The first-order valence-corrected chi connectivity index (χ1v) is 13.5. The molecule has 204 valence electrons. The number of rotatable bonds is 2. The van der Waals surface area contributed by atoms with Crippen LogP contribution in [-0.2, 0) is 0 Å². The van der Waals surface area contributed by atoms with Crippen LogP contribution in [0.2, 0.25) is 0 Å². The average Bonchev–Trinajstić information content (AvgIpc) is 3.88. The van der Waals surface area contributed by atoms with Crippen LogP contribution in [-0.4, -0.2) is 0 Å². The summed E-state index contributed by atoms with van der Waals surface area (Å²) in [5, 5.41) is -2.86. The van der Waals surface area contributed by atoms with Crippen molar-refractivity contribution in [3.05, 3.63) is 145 Å². The minimum Gasteiger partial charge on any atom is -0.456 e. The zero-order valence-electron chi connectivity index (χ0n) is 41.2. The first kappa shape index (κ1) is 12.0. The lowest BCUT2D eigenvalue weighted by Gasteiger charge is -2.18. The number of benzene rings is 8. The van der Waals surface area contributed by atoms with Crippen LogP contribution in [0.5, 0.6) is 0 Å². The molecule has 44 heavy (non-hydrogen) atoms. The Kier molecular flexibility index (Phi) is 2.41. The molecule has 0 aliphatic rings. The fraction of sp³-hybridized carbons (Fsp3) is 0. The van der Waals surface area contributed by atoms with Gasteiger partial charge in [-0.15, -0.1) is 0 Å². The molecule has 0 saturated carbocycles. The van der Waals surface area contributed by atoms with E-state index >= 15 is 0 Å². The van der Waals surface area contributed by atoms with Crippen LogP contribution in [0, 0.1) is 0 Å². The average molecular weight is 580 g/mol. The van der Waals surface area contributed by atoms with Crippen LogP contribution in [0.15, 0.2) is 154 Å². The third-order valence-electron chi connectivity index (χ3n) is 7.88. The molecule has 0 atom stereocenters. The molecule has 10 rings (SSSR count). The first-order chi connectivity index (χ1) is 29.8. The van der Waals surface area contributed by atoms with Crippen LogP contribution in [0.3, 0.4) is 0 Å². The number of fused-ring (bicyclic) bond motifs is 11. The van der Waals surface area contributed by atoms with Gasteiger partial charge in [0.25, 0.3) is 0 Å². The molecule has 0 saturated heterocycles. The predicted molar refractivity (Wildman–Crippen MR) is 184 cm³/mol. The summed E-state index contributed by atoms with van der Waals surface area (Å²) in [7, 11) is 0. The summed E-state index contributed by atoms with van der Waals surface area (Å²) < 4.78 is 184. The summed E-state index contributed by atoms with van der Waals surface area (Å²) in [6.07, 6.45) is 0. The Labute approximate surface area is 279 Å². The lowest BCUT2D eigenvalue weighted by Crippen LogP contribution is -1.91. The quantitative estimate of drug-likeness (QED) is 0.190. The Morgan fingerprint density at radius 3 is 1.64 bits per heavy atom. The zero-order chi connectivity index (χ0) is 45.3. The third-order valence-corrected chi connectivity index (χ3v) is 7.88. The van der Waals surface area contributed by atoms with Crippen molar-refractivity contribution in [3.63, 3.8) is 0 Å². The highest BCUT2D eigenvalue weighted by atomic mass is 16.3. The first-order valence-electron chi connectivity index (χ1n) is 23.0. The molecule has 0 bridgehead atoms. The lowest BCUT2D eigenvalue weighted by atomic mass is 9.84. The van der Waals surface area contributed by atoms with E-state index in [2.05, 4.69) is 0 Å². The minimum atomic E-state index is -0.754. The molecule has 2 heteroatoms. The monoisotopic (exact) mass is 579 g/mol. The highest BCUT2D eigenvalue weighted by molar-refractivity contribution is 6.34. The van der Waals surface area contributed by atoms with Crippen molar-refractivity contribution in [1.29, 1.82) is 0 Å². The summed E-state index contributed by atoms with van der Waals surface area (Å²) in [4.78, 5) is 0. The Morgan fingerprint density at radius 2 is 0.977 bits per heavy atom. The van der Waals surface area contributed by atoms with Crippen molar-refractivity contribution in [2.45, 2.75) is 0 Å². The van der Waals surface area contributed by atoms with Crippen LogP contribution >= 0.6 is 0 Å². The molecule has 0 radical (unpaired) electrons. The summed E-state index contributed by atoms with van der Waals surface area (Å²) in [6.45, 7) is 0. The number of hydrogen-bond donors (Lipinski definition) is 0. The van der Waals surface area contributed by atoms with Gasteiger partial charge in [-0.1, -0.05) is 121 Å². The van der Waals surface area contributed by atoms with E-state index in [1.54, 1.807) is 30.3 Å². The summed E-state index contributed by atoms with van der Waals surface area (Å²) in [6, 6.07) is -4.88. The van der Waals surface area contributed by atoms with E-state index in [0.717, 1.165) is 0 Å². The molecule has 8 aromatic carbocycles. The minimum absolute atomic E-state index is 0.00596. The van der Waals surface area contributed by atoms with Crippen molar-refractivity contribution in [3.8, 4) is 22.3 Å². The van der Waals surface area contributed by atoms with Crippen molar-refractivity contribution in [2.75, 3.05) is 0 Å². The highest BCUT2D eigenvalue weighted by Crippen LogP contribution is 2.49. The van der Waals surface area contributed by atoms with Crippen LogP contribution in [0.4, 0.5) is 0 Å². The molecule has 10 aromatic rings. The molecule has 2 nitrogen and oxygen atoms in total. The fourth-order valence-corrected chi connectivity index (χ4v) is 6.16. The largest absolute Gasteiger partial charge is 0.456 e. The SMILES string of the molecule is [2H]c1c([2H])c([2H])c2c(oc3c([2H])c([2H])c4c([2H])c(-c5c6c([2H])c([2H])c([2H])c([2H])c6c(-c6ccccc6)c6c([2H])c([2H])c([2H])c([2H])c56)c5oc6c([2H])c([2H])c([2H])c([2H])c6c5c4c32)c1[2H]. The number of para-hydroxylation sites is 2. The van der Waals surface area contributed by atoms with Gasteiger partial charge in [0.05, 0.1) is 26.0 Å². The Morgan fingerprint density at radius 1 is 0.432 bits per heavy atom. The van der Waals surface area contributed by atoms with Gasteiger partial charge >= 0.3 is 0 Å². The normalized spacial score (nSPS) is 18.1. The van der Waals surface area contributed by atoms with Gasteiger partial charge in [0, 0.05) is 38.1 Å². The van der Waals surface area contributed by atoms with Crippen LogP contribution in [0.1, 0.15) is 26.0 Å². The van der Waals surface area contributed by atoms with E-state index in [0.29, 0.717) is 5.56 Å². The van der Waals surface area contributed by atoms with E-state index < -0.39 is 154 Å². The summed E-state index contributed by atoms with van der Waals surface area (Å²) in [5.41, 5.74) is -2.30. The van der Waals surface area contributed by atoms with E-state index in [1.807, 2.05) is 0 Å². The Balaban J connectivity index is 1.63. The van der Waals surface area contributed by atoms with Crippen molar-refractivity contribution >= 4 is 76.2 Å². The molecule has 0 aliphatic heterocycles. The molecule has 2 aromatic heterocycles. The summed E-state index contributed by atoms with van der Waals surface area (Å²) in [5.74, 6) is 0. The summed E-state index contributed by atoms with van der Waals surface area (Å²) >= 11 is 0. The zero-order valence-corrected chi connectivity index (χ0v) is 22.2. The molecule has 0 aliphatic carbocycles. The maximum Gasteiger partial charge on any atom is 0.143 e. The van der Waals surface area contributed by atoms with Gasteiger partial charge in [-0.05, 0) is 62.2 Å². The molecule has 0 N–H and O–H groups in total. The molecular formula is C42H24O2. The molecule has 0 fully saturated rings. The second-order valence-electron chi connectivity index (χ2n) is 10.1. The predicted octanol–water partition coefficient (Wildman–Crippen LogP) is 12.3. The van der Waals surface area contributed by atoms with Gasteiger partial charge < -0.3 is 8.83 Å². The van der Waals surface area contributed by atoms with Gasteiger partial charge in [-0.25, -0.2) is 0 Å². The van der Waals surface area contributed by atoms with Crippen LogP contribution in [0.25, 0.3) is 98.4 Å². The topological polar surface area (TPSA) is 26.3 Å². The van der Waals surface area contributed by atoms with Crippen molar-refractivity contribution < 1.29 is 34.9 Å². The second kappa shape index (κ2) is 8.82. The molecule has 0 amide bonds. The molecule has 2 heterocycles. The maximum atomic E-state index is 10.1. The van der Waals surface area contributed by atoms with Gasteiger partial charge in [-0.2, -0.15) is 0 Å². The van der Waals surface area contributed by atoms with E-state index in [9.17, 15) is 11.0 Å². The van der Waals surface area contributed by atoms with Crippen LogP contribution < -0.4 is 0 Å². The molecule has 0 unspecified atom stereocenters.